The van der Waals surface area contributed by atoms with Crippen LogP contribution in [0, 0.1) is 5.82 Å². The summed E-state index contributed by atoms with van der Waals surface area (Å²) in [5.41, 5.74) is 1.71. The van der Waals surface area contributed by atoms with E-state index < -0.39 is 0 Å². The fourth-order valence-electron chi connectivity index (χ4n) is 3.24. The van der Waals surface area contributed by atoms with E-state index in [2.05, 4.69) is 10.1 Å². The van der Waals surface area contributed by atoms with Crippen LogP contribution in [-0.4, -0.2) is 35.0 Å². The number of piperidine rings is 1. The van der Waals surface area contributed by atoms with Crippen molar-refractivity contribution in [3.05, 3.63) is 35.6 Å². The Kier molecular flexibility index (Phi) is 3.04. The number of benzene rings is 1. The van der Waals surface area contributed by atoms with Crippen LogP contribution in [0.2, 0.25) is 0 Å². The van der Waals surface area contributed by atoms with Crippen molar-refractivity contribution in [2.75, 3.05) is 13.1 Å². The Morgan fingerprint density at radius 3 is 2.94 bits per heavy atom. The number of rotatable bonds is 1. The summed E-state index contributed by atoms with van der Waals surface area (Å²) >= 11 is 0. The number of nitrogens with zero attached hydrogens (tertiary/aromatic N) is 2. The van der Waals surface area contributed by atoms with Crippen LogP contribution in [0.3, 0.4) is 0 Å². The van der Waals surface area contributed by atoms with Gasteiger partial charge >= 0.3 is 0 Å². The topological polar surface area (TPSA) is 35.8 Å². The van der Waals surface area contributed by atoms with E-state index in [9.17, 15) is 4.39 Å². The SMILES string of the molecule is ON=C1CCN2C[C@H](c3ccccc3F)C[C@@H]2C1. The average Bonchev–Trinajstić information content (AvgIpc) is 2.81. The average molecular weight is 248 g/mol. The van der Waals surface area contributed by atoms with E-state index in [1.54, 1.807) is 6.07 Å². The molecule has 2 aliphatic rings. The van der Waals surface area contributed by atoms with Gasteiger partial charge in [-0.15, -0.1) is 0 Å². The molecular weight excluding hydrogens is 231 g/mol. The van der Waals surface area contributed by atoms with Crippen molar-refractivity contribution < 1.29 is 9.60 Å². The molecule has 0 spiro atoms. The molecule has 1 aromatic rings. The van der Waals surface area contributed by atoms with Gasteiger partial charge in [-0.1, -0.05) is 23.4 Å². The van der Waals surface area contributed by atoms with Crippen LogP contribution in [0.25, 0.3) is 0 Å². The van der Waals surface area contributed by atoms with Gasteiger partial charge in [0, 0.05) is 37.9 Å². The predicted octanol–water partition coefficient (Wildman–Crippen LogP) is 2.61. The lowest BCUT2D eigenvalue weighted by Gasteiger charge is -2.29. The maximum Gasteiger partial charge on any atom is 0.126 e. The number of fused-ring (bicyclic) bond motifs is 1. The highest BCUT2D eigenvalue weighted by atomic mass is 19.1. The molecule has 2 atom stereocenters. The molecule has 0 radical (unpaired) electrons. The second-order valence-electron chi connectivity index (χ2n) is 5.22. The summed E-state index contributed by atoms with van der Waals surface area (Å²) in [4.78, 5) is 2.39. The molecule has 2 heterocycles. The van der Waals surface area contributed by atoms with E-state index in [4.69, 9.17) is 5.21 Å². The van der Waals surface area contributed by atoms with E-state index in [1.807, 2.05) is 12.1 Å². The molecule has 96 valence electrons. The fourth-order valence-corrected chi connectivity index (χ4v) is 3.24. The summed E-state index contributed by atoms with van der Waals surface area (Å²) in [6.45, 7) is 1.85. The van der Waals surface area contributed by atoms with Crippen molar-refractivity contribution in [2.45, 2.75) is 31.2 Å². The number of halogens is 1. The van der Waals surface area contributed by atoms with Crippen molar-refractivity contribution in [3.63, 3.8) is 0 Å². The molecule has 0 bridgehead atoms. The summed E-state index contributed by atoms with van der Waals surface area (Å²) in [5.74, 6) is 0.174. The molecule has 0 aliphatic carbocycles. The van der Waals surface area contributed by atoms with Crippen molar-refractivity contribution in [1.29, 1.82) is 0 Å². The fraction of sp³-hybridized carbons (Fsp3) is 0.500. The molecule has 3 rings (SSSR count). The van der Waals surface area contributed by atoms with E-state index in [0.29, 0.717) is 6.04 Å². The second kappa shape index (κ2) is 4.69. The van der Waals surface area contributed by atoms with Crippen LogP contribution in [0.4, 0.5) is 4.39 Å². The van der Waals surface area contributed by atoms with Gasteiger partial charge in [0.05, 0.1) is 5.71 Å². The zero-order valence-corrected chi connectivity index (χ0v) is 10.2. The van der Waals surface area contributed by atoms with Gasteiger partial charge < -0.3 is 5.21 Å². The van der Waals surface area contributed by atoms with Crippen molar-refractivity contribution in [2.24, 2.45) is 5.16 Å². The minimum absolute atomic E-state index is 0.0987. The summed E-state index contributed by atoms with van der Waals surface area (Å²) in [7, 11) is 0. The van der Waals surface area contributed by atoms with Crippen LogP contribution >= 0.6 is 0 Å². The quantitative estimate of drug-likeness (QED) is 0.612. The van der Waals surface area contributed by atoms with Gasteiger partial charge in [-0.05, 0) is 18.1 Å². The van der Waals surface area contributed by atoms with Crippen LogP contribution in [0.15, 0.2) is 29.4 Å². The Hall–Kier alpha value is -1.42. The third kappa shape index (κ3) is 2.01. The monoisotopic (exact) mass is 248 g/mol. The molecule has 0 saturated carbocycles. The molecule has 0 aromatic heterocycles. The second-order valence-corrected chi connectivity index (χ2v) is 5.22. The molecule has 0 unspecified atom stereocenters. The van der Waals surface area contributed by atoms with E-state index in [-0.39, 0.29) is 11.7 Å². The molecule has 2 saturated heterocycles. The molecule has 2 fully saturated rings. The smallest absolute Gasteiger partial charge is 0.126 e. The zero-order chi connectivity index (χ0) is 12.5. The Labute approximate surface area is 106 Å². The van der Waals surface area contributed by atoms with Gasteiger partial charge in [-0.3, -0.25) is 4.90 Å². The molecule has 1 N–H and O–H groups in total. The van der Waals surface area contributed by atoms with Crippen LogP contribution in [0.5, 0.6) is 0 Å². The van der Waals surface area contributed by atoms with E-state index >= 15 is 0 Å². The lowest BCUT2D eigenvalue weighted by molar-refractivity contribution is 0.239. The van der Waals surface area contributed by atoms with Gasteiger partial charge in [0.25, 0.3) is 0 Å². The first-order valence-corrected chi connectivity index (χ1v) is 6.46. The number of hydrogen-bond acceptors (Lipinski definition) is 3. The summed E-state index contributed by atoms with van der Waals surface area (Å²) in [6.07, 6.45) is 2.61. The highest BCUT2D eigenvalue weighted by molar-refractivity contribution is 5.85. The summed E-state index contributed by atoms with van der Waals surface area (Å²) < 4.78 is 13.8. The predicted molar refractivity (Wildman–Crippen MR) is 67.6 cm³/mol. The maximum absolute atomic E-state index is 13.8. The molecular formula is C14H17FN2O. The highest BCUT2D eigenvalue weighted by Gasteiger charge is 2.36. The van der Waals surface area contributed by atoms with Gasteiger partial charge in [-0.2, -0.15) is 0 Å². The first-order chi connectivity index (χ1) is 8.78. The Morgan fingerprint density at radius 2 is 2.17 bits per heavy atom. The Balaban J connectivity index is 1.77. The van der Waals surface area contributed by atoms with Crippen LogP contribution < -0.4 is 0 Å². The van der Waals surface area contributed by atoms with Gasteiger partial charge in [0.2, 0.25) is 0 Å². The third-order valence-electron chi connectivity index (χ3n) is 4.17. The Bertz CT molecular complexity index is 475. The summed E-state index contributed by atoms with van der Waals surface area (Å²) in [5, 5.41) is 12.2. The molecule has 4 heteroatoms. The van der Waals surface area contributed by atoms with Crippen molar-refractivity contribution >= 4 is 5.71 Å². The molecule has 1 aromatic carbocycles. The van der Waals surface area contributed by atoms with E-state index in [0.717, 1.165) is 43.6 Å². The van der Waals surface area contributed by atoms with E-state index in [1.165, 1.54) is 6.07 Å². The standard InChI is InChI=1S/C14H17FN2O/c15-14-4-2-1-3-13(14)10-7-12-8-11(16-18)5-6-17(12)9-10/h1-4,10,12,18H,5-9H2/t10-,12-/m1/s1. The minimum atomic E-state index is -0.0987. The number of hydrogen-bond donors (Lipinski definition) is 1. The maximum atomic E-state index is 13.8. The van der Waals surface area contributed by atoms with Gasteiger partial charge in [0.15, 0.2) is 0 Å². The third-order valence-corrected chi connectivity index (χ3v) is 4.17. The normalized spacial score (nSPS) is 30.6. The first kappa shape index (κ1) is 11.7. The number of oxime groups is 1. The van der Waals surface area contributed by atoms with Gasteiger partial charge in [-0.25, -0.2) is 4.39 Å². The Morgan fingerprint density at radius 1 is 1.33 bits per heavy atom. The molecule has 18 heavy (non-hydrogen) atoms. The summed E-state index contributed by atoms with van der Waals surface area (Å²) in [6, 6.07) is 7.47. The van der Waals surface area contributed by atoms with Crippen LogP contribution in [0.1, 0.15) is 30.7 Å². The lowest BCUT2D eigenvalue weighted by Crippen LogP contribution is -2.38. The first-order valence-electron chi connectivity index (χ1n) is 6.46. The largest absolute Gasteiger partial charge is 0.411 e. The lowest BCUT2D eigenvalue weighted by atomic mass is 9.93. The molecule has 3 nitrogen and oxygen atoms in total. The zero-order valence-electron chi connectivity index (χ0n) is 10.2. The van der Waals surface area contributed by atoms with Crippen molar-refractivity contribution in [1.82, 2.24) is 4.90 Å². The van der Waals surface area contributed by atoms with Crippen LogP contribution in [-0.2, 0) is 0 Å². The van der Waals surface area contributed by atoms with Gasteiger partial charge in [0.1, 0.15) is 5.82 Å². The molecule has 2 aliphatic heterocycles. The minimum Gasteiger partial charge on any atom is -0.411 e. The highest BCUT2D eigenvalue weighted by Crippen LogP contribution is 2.36. The van der Waals surface area contributed by atoms with Crippen molar-refractivity contribution in [3.8, 4) is 0 Å². The molecule has 0 amide bonds.